The van der Waals surface area contributed by atoms with Crippen molar-refractivity contribution < 1.29 is 37.9 Å². The second kappa shape index (κ2) is 36.0. The van der Waals surface area contributed by atoms with Crippen LogP contribution >= 0.6 is 11.6 Å². The van der Waals surface area contributed by atoms with E-state index in [1.165, 1.54) is 57.8 Å². The fraction of sp³-hybridized carbons (Fsp3) is 1.00. The summed E-state index contributed by atoms with van der Waals surface area (Å²) in [5.74, 6) is 0.507. The summed E-state index contributed by atoms with van der Waals surface area (Å²) in [6.45, 7) is 11.6. The molecule has 0 fully saturated rings. The highest BCUT2D eigenvalue weighted by molar-refractivity contribution is 6.17. The summed E-state index contributed by atoms with van der Waals surface area (Å²) in [4.78, 5) is 0. The molecule has 8 nitrogen and oxygen atoms in total. The van der Waals surface area contributed by atoms with Gasteiger partial charge in [0.2, 0.25) is 0 Å². The Hall–Kier alpha value is -0.0300. The predicted octanol–water partition coefficient (Wildman–Crippen LogP) is 5.28. The van der Waals surface area contributed by atoms with Crippen molar-refractivity contribution in [3.63, 3.8) is 0 Å². The zero-order valence-electron chi connectivity index (χ0n) is 23.7. The van der Waals surface area contributed by atoms with Crippen LogP contribution in [0.25, 0.3) is 0 Å². The molecule has 0 rings (SSSR count). The molecule has 0 aromatic carbocycles. The summed E-state index contributed by atoms with van der Waals surface area (Å²) in [6, 6.07) is 0. The van der Waals surface area contributed by atoms with Crippen molar-refractivity contribution in [1.82, 2.24) is 0 Å². The van der Waals surface area contributed by atoms with Crippen LogP contribution in [0.5, 0.6) is 0 Å². The fourth-order valence-corrected chi connectivity index (χ4v) is 3.50. The summed E-state index contributed by atoms with van der Waals surface area (Å²) in [5, 5.41) is 0. The van der Waals surface area contributed by atoms with Crippen LogP contribution in [0.2, 0.25) is 0 Å². The van der Waals surface area contributed by atoms with Crippen molar-refractivity contribution in [3.05, 3.63) is 0 Å². The molecule has 0 aliphatic carbocycles. The maximum atomic E-state index is 5.63. The summed E-state index contributed by atoms with van der Waals surface area (Å²) < 4.78 is 43.6. The first-order valence-corrected chi connectivity index (χ1v) is 15.1. The zero-order valence-corrected chi connectivity index (χ0v) is 24.5. The Kier molecular flexibility index (Phi) is 35.9. The molecule has 0 spiro atoms. The maximum absolute atomic E-state index is 5.63. The van der Waals surface area contributed by atoms with Crippen molar-refractivity contribution in [2.24, 2.45) is 0 Å². The van der Waals surface area contributed by atoms with E-state index in [4.69, 9.17) is 49.5 Å². The third-order valence-corrected chi connectivity index (χ3v) is 5.62. The first kappa shape index (κ1) is 37.0. The Balaban J connectivity index is 3.00. The highest BCUT2D eigenvalue weighted by atomic mass is 35.5. The number of unbranched alkanes of at least 4 members (excludes halogenated alkanes) is 9. The number of ether oxygens (including phenoxy) is 8. The molecular weight excluding hydrogens is 500 g/mol. The molecular formula is C28H57ClO8. The van der Waals surface area contributed by atoms with Crippen molar-refractivity contribution in [2.45, 2.75) is 71.1 Å². The Morgan fingerprint density at radius 3 is 0.838 bits per heavy atom. The Morgan fingerprint density at radius 2 is 0.541 bits per heavy atom. The third kappa shape index (κ3) is 36.0. The van der Waals surface area contributed by atoms with Gasteiger partial charge in [-0.05, 0) is 6.42 Å². The highest BCUT2D eigenvalue weighted by Crippen LogP contribution is 2.10. The molecule has 37 heavy (non-hydrogen) atoms. The summed E-state index contributed by atoms with van der Waals surface area (Å²) in [5.41, 5.74) is 0. The van der Waals surface area contributed by atoms with E-state index in [1.807, 2.05) is 0 Å². The monoisotopic (exact) mass is 556 g/mol. The Morgan fingerprint density at radius 1 is 0.297 bits per heavy atom. The largest absolute Gasteiger partial charge is 0.379 e. The molecule has 0 amide bonds. The standard InChI is InChI=1S/C28H57ClO8/c1-2-3-4-5-6-7-8-9-10-11-13-30-15-17-32-19-21-34-23-25-36-27-28-37-26-24-35-22-20-33-18-16-31-14-12-29/h2-28H2,1H3. The van der Waals surface area contributed by atoms with Crippen molar-refractivity contribution in [1.29, 1.82) is 0 Å². The topological polar surface area (TPSA) is 73.8 Å². The van der Waals surface area contributed by atoms with Crippen molar-refractivity contribution >= 4 is 11.6 Å². The number of hydrogen-bond donors (Lipinski definition) is 0. The van der Waals surface area contributed by atoms with Gasteiger partial charge in [-0.1, -0.05) is 64.7 Å². The zero-order chi connectivity index (χ0) is 26.7. The maximum Gasteiger partial charge on any atom is 0.0701 e. The van der Waals surface area contributed by atoms with E-state index in [9.17, 15) is 0 Å². The molecule has 0 atom stereocenters. The quantitative estimate of drug-likeness (QED) is 0.0783. The molecule has 0 radical (unpaired) electrons. The average molecular weight is 557 g/mol. The molecule has 0 saturated carbocycles. The lowest BCUT2D eigenvalue weighted by Crippen LogP contribution is -2.15. The average Bonchev–Trinajstić information content (AvgIpc) is 2.91. The van der Waals surface area contributed by atoms with Gasteiger partial charge in [0.15, 0.2) is 0 Å². The second-order valence-electron chi connectivity index (χ2n) is 8.77. The molecule has 0 aromatic rings. The SMILES string of the molecule is CCCCCCCCCCCCOCCOCCOCCOCCOCCOCCOCCOCCCl. The lowest BCUT2D eigenvalue weighted by molar-refractivity contribution is -0.0228. The van der Waals surface area contributed by atoms with Gasteiger partial charge in [-0.3, -0.25) is 0 Å². The number of alkyl halides is 1. The van der Waals surface area contributed by atoms with E-state index in [1.54, 1.807) is 0 Å². The fourth-order valence-electron chi connectivity index (χ4n) is 3.39. The first-order chi connectivity index (χ1) is 18.4. The lowest BCUT2D eigenvalue weighted by atomic mass is 10.1. The molecule has 0 aliphatic heterocycles. The van der Waals surface area contributed by atoms with Crippen molar-refractivity contribution in [2.75, 3.05) is 112 Å². The molecule has 224 valence electrons. The third-order valence-electron chi connectivity index (χ3n) is 5.47. The molecule has 0 N–H and O–H groups in total. The van der Waals surface area contributed by atoms with Gasteiger partial charge in [-0.25, -0.2) is 0 Å². The normalized spacial score (nSPS) is 11.5. The van der Waals surface area contributed by atoms with Gasteiger partial charge < -0.3 is 37.9 Å². The number of halogens is 1. The van der Waals surface area contributed by atoms with Gasteiger partial charge >= 0.3 is 0 Å². The van der Waals surface area contributed by atoms with E-state index in [-0.39, 0.29) is 0 Å². The smallest absolute Gasteiger partial charge is 0.0701 e. The summed E-state index contributed by atoms with van der Waals surface area (Å²) in [7, 11) is 0. The van der Waals surface area contributed by atoms with Crippen LogP contribution in [-0.4, -0.2) is 112 Å². The van der Waals surface area contributed by atoms with Crippen LogP contribution in [0, 0.1) is 0 Å². The minimum absolute atomic E-state index is 0.507. The van der Waals surface area contributed by atoms with Crippen LogP contribution in [0.1, 0.15) is 71.1 Å². The van der Waals surface area contributed by atoms with E-state index in [2.05, 4.69) is 6.92 Å². The minimum atomic E-state index is 0.507. The molecule has 0 saturated heterocycles. The molecule has 0 unspecified atom stereocenters. The molecule has 0 heterocycles. The number of rotatable bonds is 34. The van der Waals surface area contributed by atoms with Crippen LogP contribution in [0.4, 0.5) is 0 Å². The molecule has 0 bridgehead atoms. The van der Waals surface area contributed by atoms with E-state index >= 15 is 0 Å². The minimum Gasteiger partial charge on any atom is -0.379 e. The Bertz CT molecular complexity index is 359. The van der Waals surface area contributed by atoms with E-state index < -0.39 is 0 Å². The summed E-state index contributed by atoms with van der Waals surface area (Å²) >= 11 is 5.51. The van der Waals surface area contributed by atoms with Crippen LogP contribution in [0.15, 0.2) is 0 Å². The van der Waals surface area contributed by atoms with Gasteiger partial charge in [0.25, 0.3) is 0 Å². The summed E-state index contributed by atoms with van der Waals surface area (Å²) in [6.07, 6.45) is 13.5. The van der Waals surface area contributed by atoms with Gasteiger partial charge in [0.05, 0.1) is 99.1 Å². The van der Waals surface area contributed by atoms with Gasteiger partial charge in [0.1, 0.15) is 0 Å². The van der Waals surface area contributed by atoms with Gasteiger partial charge in [0, 0.05) is 12.5 Å². The van der Waals surface area contributed by atoms with Crippen LogP contribution < -0.4 is 0 Å². The lowest BCUT2D eigenvalue weighted by Gasteiger charge is -2.08. The molecule has 9 heteroatoms. The Labute approximate surface area is 232 Å². The van der Waals surface area contributed by atoms with Crippen LogP contribution in [0.3, 0.4) is 0 Å². The van der Waals surface area contributed by atoms with E-state index in [0.29, 0.717) is 105 Å². The van der Waals surface area contributed by atoms with Gasteiger partial charge in [-0.2, -0.15) is 0 Å². The molecule has 0 aromatic heterocycles. The van der Waals surface area contributed by atoms with Gasteiger partial charge in [-0.15, -0.1) is 11.6 Å². The van der Waals surface area contributed by atoms with Crippen LogP contribution in [-0.2, 0) is 37.9 Å². The highest BCUT2D eigenvalue weighted by Gasteiger charge is 1.96. The van der Waals surface area contributed by atoms with E-state index in [0.717, 1.165) is 13.0 Å². The predicted molar refractivity (Wildman–Crippen MR) is 149 cm³/mol. The second-order valence-corrected chi connectivity index (χ2v) is 9.15. The molecule has 0 aliphatic rings. The van der Waals surface area contributed by atoms with Crippen molar-refractivity contribution in [3.8, 4) is 0 Å². The number of hydrogen-bond acceptors (Lipinski definition) is 8. The first-order valence-electron chi connectivity index (χ1n) is 14.6.